The van der Waals surface area contributed by atoms with Crippen molar-refractivity contribution in [2.75, 3.05) is 12.5 Å². The highest BCUT2D eigenvalue weighted by Crippen LogP contribution is 2.35. The molecule has 2 aromatic rings. The Morgan fingerprint density at radius 3 is 2.82 bits per heavy atom. The molecular weight excluding hydrogens is 352 g/mol. The van der Waals surface area contributed by atoms with Crippen LogP contribution in [0.25, 0.3) is 0 Å². The number of ether oxygens (including phenoxy) is 1. The second kappa shape index (κ2) is 6.95. The predicted octanol–water partition coefficient (Wildman–Crippen LogP) is 3.31. The van der Waals surface area contributed by atoms with Crippen molar-refractivity contribution in [3.8, 4) is 11.5 Å². The van der Waals surface area contributed by atoms with Gasteiger partial charge in [0.25, 0.3) is 0 Å². The van der Waals surface area contributed by atoms with Gasteiger partial charge in [0, 0.05) is 5.56 Å². The zero-order valence-electron chi connectivity index (χ0n) is 11.6. The van der Waals surface area contributed by atoms with E-state index in [0.717, 1.165) is 0 Å². The fourth-order valence-electron chi connectivity index (χ4n) is 1.72. The van der Waals surface area contributed by atoms with E-state index in [-0.39, 0.29) is 11.3 Å². The van der Waals surface area contributed by atoms with Gasteiger partial charge in [-0.15, -0.1) is 0 Å². The standard InChI is InChI=1S/C15H13BrN2O4/c1-22-12-6-5-10(13(16)14(12)19)8-17-18-11-4-2-3-9(7-11)15(20)21/h2-8,18-19H,1H3,(H,20,21)/b17-8+. The molecule has 0 aromatic heterocycles. The van der Waals surface area contributed by atoms with Crippen LogP contribution in [0.5, 0.6) is 11.5 Å². The van der Waals surface area contributed by atoms with E-state index < -0.39 is 5.97 Å². The first-order chi connectivity index (χ1) is 10.5. The number of rotatable bonds is 5. The molecule has 0 saturated carbocycles. The second-order valence-corrected chi connectivity index (χ2v) is 5.07. The van der Waals surface area contributed by atoms with Crippen molar-refractivity contribution in [1.29, 1.82) is 0 Å². The smallest absolute Gasteiger partial charge is 0.335 e. The summed E-state index contributed by atoms with van der Waals surface area (Å²) in [5, 5.41) is 22.8. The molecule has 2 rings (SSSR count). The number of anilines is 1. The van der Waals surface area contributed by atoms with Crippen LogP contribution in [0.3, 0.4) is 0 Å². The minimum absolute atomic E-state index is 0.0145. The summed E-state index contributed by atoms with van der Waals surface area (Å²) in [6, 6.07) is 9.63. The van der Waals surface area contributed by atoms with Crippen molar-refractivity contribution in [2.24, 2.45) is 5.10 Å². The Labute approximate surface area is 135 Å². The molecular formula is C15H13BrN2O4. The number of aromatic hydroxyl groups is 1. The van der Waals surface area contributed by atoms with Gasteiger partial charge in [-0.2, -0.15) is 5.10 Å². The number of carboxylic acid groups (broad SMARTS) is 1. The number of aromatic carboxylic acids is 1. The molecule has 0 radical (unpaired) electrons. The van der Waals surface area contributed by atoms with Crippen molar-refractivity contribution in [3.05, 3.63) is 52.0 Å². The monoisotopic (exact) mass is 364 g/mol. The number of benzene rings is 2. The number of halogens is 1. The Morgan fingerprint density at radius 1 is 1.36 bits per heavy atom. The van der Waals surface area contributed by atoms with Crippen LogP contribution >= 0.6 is 15.9 Å². The predicted molar refractivity (Wildman–Crippen MR) is 87.0 cm³/mol. The Bertz CT molecular complexity index is 731. The second-order valence-electron chi connectivity index (χ2n) is 4.28. The van der Waals surface area contributed by atoms with E-state index in [9.17, 15) is 9.90 Å². The maximum atomic E-state index is 10.9. The third-order valence-electron chi connectivity index (χ3n) is 2.84. The van der Waals surface area contributed by atoms with Gasteiger partial charge in [-0.3, -0.25) is 5.43 Å². The molecule has 0 atom stereocenters. The third-order valence-corrected chi connectivity index (χ3v) is 3.67. The van der Waals surface area contributed by atoms with E-state index in [1.165, 1.54) is 25.5 Å². The highest BCUT2D eigenvalue weighted by molar-refractivity contribution is 9.10. The summed E-state index contributed by atoms with van der Waals surface area (Å²) in [5.41, 5.74) is 4.09. The van der Waals surface area contributed by atoms with Crippen molar-refractivity contribution in [3.63, 3.8) is 0 Å². The first-order valence-corrected chi connectivity index (χ1v) is 7.00. The van der Waals surface area contributed by atoms with Gasteiger partial charge in [0.1, 0.15) is 0 Å². The van der Waals surface area contributed by atoms with Crippen LogP contribution in [0.4, 0.5) is 5.69 Å². The van der Waals surface area contributed by atoms with E-state index in [0.29, 0.717) is 21.5 Å². The lowest BCUT2D eigenvalue weighted by molar-refractivity contribution is 0.0697. The summed E-state index contributed by atoms with van der Waals surface area (Å²) in [6.07, 6.45) is 1.50. The van der Waals surface area contributed by atoms with Crippen molar-refractivity contribution in [2.45, 2.75) is 0 Å². The first-order valence-electron chi connectivity index (χ1n) is 6.21. The van der Waals surface area contributed by atoms with Crippen LogP contribution in [0.1, 0.15) is 15.9 Å². The van der Waals surface area contributed by atoms with Crippen molar-refractivity contribution >= 4 is 33.8 Å². The summed E-state index contributed by atoms with van der Waals surface area (Å²) in [6.45, 7) is 0. The molecule has 22 heavy (non-hydrogen) atoms. The van der Waals surface area contributed by atoms with E-state index >= 15 is 0 Å². The minimum Gasteiger partial charge on any atom is -0.503 e. The summed E-state index contributed by atoms with van der Waals surface area (Å²) in [7, 11) is 1.46. The number of hydrogen-bond donors (Lipinski definition) is 3. The van der Waals surface area contributed by atoms with E-state index in [4.69, 9.17) is 9.84 Å². The minimum atomic E-state index is -1.00. The number of nitrogens with zero attached hydrogens (tertiary/aromatic N) is 1. The zero-order chi connectivity index (χ0) is 16.1. The largest absolute Gasteiger partial charge is 0.503 e. The Kier molecular flexibility index (Phi) is 5.00. The van der Waals surface area contributed by atoms with Crippen LogP contribution in [0.2, 0.25) is 0 Å². The van der Waals surface area contributed by atoms with Gasteiger partial charge in [0.05, 0.1) is 29.0 Å². The highest BCUT2D eigenvalue weighted by Gasteiger charge is 2.09. The maximum Gasteiger partial charge on any atom is 0.335 e. The SMILES string of the molecule is COc1ccc(/C=N/Nc2cccc(C(=O)O)c2)c(Br)c1O. The topological polar surface area (TPSA) is 91.2 Å². The molecule has 114 valence electrons. The van der Waals surface area contributed by atoms with Gasteiger partial charge in [-0.1, -0.05) is 6.07 Å². The van der Waals surface area contributed by atoms with Crippen LogP contribution in [-0.2, 0) is 0 Å². The molecule has 7 heteroatoms. The maximum absolute atomic E-state index is 10.9. The summed E-state index contributed by atoms with van der Waals surface area (Å²) < 4.78 is 5.45. The zero-order valence-corrected chi connectivity index (χ0v) is 13.2. The summed E-state index contributed by atoms with van der Waals surface area (Å²) in [4.78, 5) is 10.9. The Balaban J connectivity index is 2.15. The van der Waals surface area contributed by atoms with Crippen LogP contribution < -0.4 is 10.2 Å². The number of hydrazone groups is 1. The molecule has 0 saturated heterocycles. The van der Waals surface area contributed by atoms with Crippen molar-refractivity contribution < 1.29 is 19.7 Å². The number of carboxylic acids is 1. The molecule has 3 N–H and O–H groups in total. The first kappa shape index (κ1) is 15.8. The molecule has 0 amide bonds. The van der Waals surface area contributed by atoms with Gasteiger partial charge in [-0.05, 0) is 46.3 Å². The molecule has 0 bridgehead atoms. The summed E-state index contributed by atoms with van der Waals surface area (Å²) in [5.74, 6) is -0.666. The molecule has 0 aliphatic heterocycles. The highest BCUT2D eigenvalue weighted by atomic mass is 79.9. The van der Waals surface area contributed by atoms with E-state index in [2.05, 4.69) is 26.5 Å². The van der Waals surface area contributed by atoms with E-state index in [1.807, 2.05) is 0 Å². The van der Waals surface area contributed by atoms with Gasteiger partial charge in [0.15, 0.2) is 11.5 Å². The van der Waals surface area contributed by atoms with E-state index in [1.54, 1.807) is 24.3 Å². The fraction of sp³-hybridized carbons (Fsp3) is 0.0667. The van der Waals surface area contributed by atoms with Gasteiger partial charge < -0.3 is 14.9 Å². The quantitative estimate of drug-likeness (QED) is 0.559. The number of hydrogen-bond acceptors (Lipinski definition) is 5. The van der Waals surface area contributed by atoms with Crippen LogP contribution in [0, 0.1) is 0 Å². The third kappa shape index (κ3) is 3.56. The van der Waals surface area contributed by atoms with Crippen LogP contribution in [0.15, 0.2) is 46.0 Å². The van der Waals surface area contributed by atoms with Gasteiger partial charge in [0.2, 0.25) is 0 Å². The van der Waals surface area contributed by atoms with Gasteiger partial charge >= 0.3 is 5.97 Å². The average molecular weight is 365 g/mol. The van der Waals surface area contributed by atoms with Gasteiger partial charge in [-0.25, -0.2) is 4.79 Å². The molecule has 6 nitrogen and oxygen atoms in total. The number of nitrogens with one attached hydrogen (secondary N) is 1. The average Bonchev–Trinajstić information content (AvgIpc) is 2.52. The molecule has 0 heterocycles. The van der Waals surface area contributed by atoms with Crippen LogP contribution in [-0.4, -0.2) is 29.5 Å². The lowest BCUT2D eigenvalue weighted by Crippen LogP contribution is -1.98. The summed E-state index contributed by atoms with van der Waals surface area (Å²) >= 11 is 3.26. The Hall–Kier alpha value is -2.54. The Morgan fingerprint density at radius 2 is 2.14 bits per heavy atom. The normalized spacial score (nSPS) is 10.6. The lowest BCUT2D eigenvalue weighted by atomic mass is 10.2. The molecule has 0 fully saturated rings. The number of methoxy groups -OCH3 is 1. The molecule has 0 unspecified atom stereocenters. The number of phenolic OH excluding ortho intramolecular Hbond substituents is 1. The van der Waals surface area contributed by atoms with Crippen molar-refractivity contribution in [1.82, 2.24) is 0 Å². The number of phenols is 1. The fourth-order valence-corrected chi connectivity index (χ4v) is 2.15. The molecule has 0 spiro atoms. The number of carbonyl (C=O) groups is 1. The molecule has 2 aromatic carbocycles. The molecule has 0 aliphatic carbocycles. The lowest BCUT2D eigenvalue weighted by Gasteiger charge is -2.07. The molecule has 0 aliphatic rings.